The monoisotopic (exact) mass is 689 g/mol. The highest BCUT2D eigenvalue weighted by atomic mass is 32.2. The minimum absolute atomic E-state index is 0. The van der Waals surface area contributed by atoms with Crippen LogP contribution in [0.4, 0.5) is 30.7 Å². The Labute approximate surface area is 263 Å². The van der Waals surface area contributed by atoms with Crippen molar-refractivity contribution < 1.29 is 48.2 Å². The Hall–Kier alpha value is -2.22. The van der Waals surface area contributed by atoms with E-state index >= 15 is 0 Å². The lowest BCUT2D eigenvalue weighted by Crippen LogP contribution is -2.50. The largest absolute Gasteiger partial charge is 0.435 e. The first-order valence-electron chi connectivity index (χ1n) is 14.3. The lowest BCUT2D eigenvalue weighted by molar-refractivity contribution is -0.348. The Balaban J connectivity index is 0.000000555. The molecule has 0 N–H and O–H groups in total. The second-order valence-corrected chi connectivity index (χ2v) is 16.0. The van der Waals surface area contributed by atoms with Gasteiger partial charge in [0.05, 0.1) is 4.91 Å². The quantitative estimate of drug-likeness (QED) is 0.240. The van der Waals surface area contributed by atoms with Crippen molar-refractivity contribution in [1.29, 1.82) is 0 Å². The van der Waals surface area contributed by atoms with Crippen LogP contribution in [-0.2, 0) is 37.5 Å². The molecule has 1 aromatic carbocycles. The number of nitrogens with zero attached hydrogens (tertiary/aromatic N) is 1. The zero-order chi connectivity index (χ0) is 33.4. The van der Waals surface area contributed by atoms with Crippen LogP contribution in [0.15, 0.2) is 41.3 Å². The molecule has 4 atom stereocenters. The molecule has 0 saturated carbocycles. The van der Waals surface area contributed by atoms with E-state index in [4.69, 9.17) is 0 Å². The average Bonchev–Trinajstić information content (AvgIpc) is 3.36. The zero-order valence-corrected chi connectivity index (χ0v) is 26.8. The van der Waals surface area contributed by atoms with Crippen LogP contribution in [0.25, 0.3) is 0 Å². The van der Waals surface area contributed by atoms with Crippen LogP contribution in [-0.4, -0.2) is 65.1 Å². The third-order valence-corrected chi connectivity index (χ3v) is 11.9. The fourth-order valence-electron chi connectivity index (χ4n) is 6.55. The Morgan fingerprint density at radius 3 is 1.98 bits per heavy atom. The number of carbonyl (C=O) groups excluding carboxylic acids is 1. The number of rotatable bonds is 4. The van der Waals surface area contributed by atoms with Crippen LogP contribution in [0.5, 0.6) is 0 Å². The molecule has 14 heteroatoms. The molecule has 0 aromatic heterocycles. The molecular weight excluding hydrogens is 647 g/mol. The van der Waals surface area contributed by atoms with Crippen molar-refractivity contribution in [2.45, 2.75) is 108 Å². The Morgan fingerprint density at radius 1 is 0.978 bits per heavy atom. The summed E-state index contributed by atoms with van der Waals surface area (Å²) in [6, 6.07) is 2.22. The summed E-state index contributed by atoms with van der Waals surface area (Å²) in [5.74, 6) is -0.504. The van der Waals surface area contributed by atoms with E-state index in [0.717, 1.165) is 6.07 Å². The first-order valence-corrected chi connectivity index (χ1v) is 17.5. The van der Waals surface area contributed by atoms with Crippen molar-refractivity contribution in [2.24, 2.45) is 5.92 Å². The standard InChI is InChI=1S/C23H26F7NO2S.C7H12O2S.CH4/c1-12-9-15(10-13(2)34(12)33)20(32)31-8-7-18-17-5-4-16(11-14(17)3-6-19(18)31)21(24,22(25,26)27)23(28,29)30;1-4-6-7(5-2)10(3,8)9;/h4-5,11-13,15,18-19H,3,6-10H2,1-2H3;4-6H,1-3H3;1H4/b;6-4-,7-5+;. The third-order valence-electron chi connectivity index (χ3n) is 8.68. The molecule has 4 unspecified atom stereocenters. The normalized spacial score (nSPS) is 27.6. The molecule has 4 rings (SSSR count). The number of halogens is 7. The van der Waals surface area contributed by atoms with Crippen molar-refractivity contribution in [3.8, 4) is 0 Å². The number of carbonyl (C=O) groups is 1. The second kappa shape index (κ2) is 14.3. The number of allylic oxidation sites excluding steroid dienone is 3. The summed E-state index contributed by atoms with van der Waals surface area (Å²) < 4.78 is 127. The molecule has 0 bridgehead atoms. The fraction of sp³-hybridized carbons (Fsp3) is 0.645. The number of likely N-dealkylation sites (tertiary alicyclic amines) is 1. The highest BCUT2D eigenvalue weighted by Crippen LogP contribution is 2.54. The molecule has 2 heterocycles. The minimum Gasteiger partial charge on any atom is -0.339 e. The van der Waals surface area contributed by atoms with E-state index in [0.29, 0.717) is 54.8 Å². The summed E-state index contributed by atoms with van der Waals surface area (Å²) in [7, 11) is -3.99. The number of hydrogen-bond acceptors (Lipinski definition) is 4. The molecule has 2 fully saturated rings. The first kappa shape index (κ1) is 39.0. The molecule has 3 aliphatic rings. The van der Waals surface area contributed by atoms with Gasteiger partial charge in [-0.05, 0) is 63.2 Å². The topological polar surface area (TPSA) is 71.5 Å². The minimum atomic E-state index is -6.15. The highest BCUT2D eigenvalue weighted by Gasteiger charge is 2.73. The summed E-state index contributed by atoms with van der Waals surface area (Å²) in [5, 5.41) is -0.185. The van der Waals surface area contributed by atoms with Crippen molar-refractivity contribution in [1.82, 2.24) is 4.90 Å². The van der Waals surface area contributed by atoms with Crippen LogP contribution in [0, 0.1) is 5.92 Å². The smallest absolute Gasteiger partial charge is 0.339 e. The number of aryl methyl sites for hydroxylation is 1. The summed E-state index contributed by atoms with van der Waals surface area (Å²) >= 11 is 0. The molecule has 5 nitrogen and oxygen atoms in total. The van der Waals surface area contributed by atoms with Gasteiger partial charge < -0.3 is 4.90 Å². The predicted octanol–water partition coefficient (Wildman–Crippen LogP) is 7.69. The van der Waals surface area contributed by atoms with Crippen LogP contribution in [0.3, 0.4) is 0 Å². The lowest BCUT2D eigenvalue weighted by atomic mass is 9.77. The Kier molecular flexibility index (Phi) is 12.4. The van der Waals surface area contributed by atoms with Gasteiger partial charge in [0.15, 0.2) is 9.84 Å². The number of fused-ring (bicyclic) bond motifs is 3. The van der Waals surface area contributed by atoms with E-state index in [-0.39, 0.29) is 53.7 Å². The van der Waals surface area contributed by atoms with Gasteiger partial charge in [-0.15, -0.1) is 0 Å². The van der Waals surface area contributed by atoms with Gasteiger partial charge in [0.2, 0.25) is 5.91 Å². The summed E-state index contributed by atoms with van der Waals surface area (Å²) in [6.45, 7) is 7.65. The summed E-state index contributed by atoms with van der Waals surface area (Å²) in [4.78, 5) is 15.5. The summed E-state index contributed by atoms with van der Waals surface area (Å²) in [5.41, 5.74) is -6.07. The average molecular weight is 690 g/mol. The number of amides is 1. The predicted molar refractivity (Wildman–Crippen MR) is 162 cm³/mol. The number of benzene rings is 1. The van der Waals surface area contributed by atoms with E-state index in [2.05, 4.69) is 0 Å². The van der Waals surface area contributed by atoms with Crippen molar-refractivity contribution in [3.63, 3.8) is 0 Å². The number of hydrogen-bond donors (Lipinski definition) is 0. The van der Waals surface area contributed by atoms with Crippen LogP contribution in [0.1, 0.15) is 83.4 Å². The van der Waals surface area contributed by atoms with Crippen LogP contribution < -0.4 is 0 Å². The molecule has 0 spiro atoms. The van der Waals surface area contributed by atoms with Gasteiger partial charge >= 0.3 is 18.0 Å². The maximum atomic E-state index is 14.5. The van der Waals surface area contributed by atoms with Crippen molar-refractivity contribution in [3.05, 3.63) is 58.0 Å². The highest BCUT2D eigenvalue weighted by molar-refractivity contribution is 7.94. The molecule has 1 amide bonds. The maximum Gasteiger partial charge on any atom is 0.435 e. The molecule has 2 aliphatic heterocycles. The molecule has 0 radical (unpaired) electrons. The number of alkyl halides is 7. The van der Waals surface area contributed by atoms with E-state index < -0.39 is 44.2 Å². The van der Waals surface area contributed by atoms with Gasteiger partial charge in [0.25, 0.3) is 0 Å². The van der Waals surface area contributed by atoms with E-state index in [9.17, 15) is 48.2 Å². The Bertz CT molecular complexity index is 1390. The number of sulfone groups is 1. The van der Waals surface area contributed by atoms with Gasteiger partial charge in [-0.1, -0.05) is 51.6 Å². The lowest BCUT2D eigenvalue weighted by Gasteiger charge is -2.38. The van der Waals surface area contributed by atoms with Gasteiger partial charge in [-0.2, -0.15) is 26.3 Å². The molecule has 2 saturated heterocycles. The molecule has 1 aliphatic carbocycles. The Morgan fingerprint density at radius 2 is 1.53 bits per heavy atom. The fourth-order valence-corrected chi connectivity index (χ4v) is 9.00. The van der Waals surface area contributed by atoms with E-state index in [1.54, 1.807) is 37.0 Å². The molecule has 45 heavy (non-hydrogen) atoms. The second-order valence-electron chi connectivity index (χ2n) is 11.7. The zero-order valence-electron chi connectivity index (χ0n) is 25.1. The maximum absolute atomic E-state index is 14.5. The van der Waals surface area contributed by atoms with E-state index in [1.807, 2.05) is 13.8 Å². The van der Waals surface area contributed by atoms with Gasteiger partial charge in [-0.25, -0.2) is 12.8 Å². The van der Waals surface area contributed by atoms with Gasteiger partial charge in [-0.3, -0.25) is 9.00 Å². The SMILES string of the molecule is C.C/C=C\C(=C/C)S(C)(=O)=O.CC1CC(C(=O)N2CCC3c4ccc(C(F)(C(F)(F)F)C(F)(F)F)cc4CCC32)CC(C)S1=O. The van der Waals surface area contributed by atoms with Crippen LogP contribution in [0.2, 0.25) is 0 Å². The molecule has 1 aromatic rings. The third kappa shape index (κ3) is 7.85. The van der Waals surface area contributed by atoms with Crippen molar-refractivity contribution >= 4 is 26.5 Å². The molecular formula is C31H42F7NO4S2. The molecule has 256 valence electrons. The van der Waals surface area contributed by atoms with Gasteiger partial charge in [0, 0.05) is 57.5 Å². The summed E-state index contributed by atoms with van der Waals surface area (Å²) in [6.07, 6.45) is -4.12. The van der Waals surface area contributed by atoms with Gasteiger partial charge in [0.1, 0.15) is 0 Å². The van der Waals surface area contributed by atoms with Crippen molar-refractivity contribution in [2.75, 3.05) is 12.8 Å². The first-order chi connectivity index (χ1) is 20.2. The van der Waals surface area contributed by atoms with E-state index in [1.165, 1.54) is 6.26 Å². The van der Waals surface area contributed by atoms with Crippen LogP contribution >= 0.6 is 0 Å².